The molecule has 6 rings (SSSR count). The average Bonchev–Trinajstić information content (AvgIpc) is 3.49. The van der Waals surface area contributed by atoms with E-state index in [9.17, 15) is 0 Å². The maximum Gasteiger partial charge on any atom is 0.140 e. The second-order valence-electron chi connectivity index (χ2n) is 8.69. The summed E-state index contributed by atoms with van der Waals surface area (Å²) in [5.41, 5.74) is 3.21. The fraction of sp³-hybridized carbons (Fsp3) is 0.391. The average molecular weight is 456 g/mol. The number of nitrogens with one attached hydrogen (secondary N) is 1. The predicted octanol–water partition coefficient (Wildman–Crippen LogP) is 4.06. The summed E-state index contributed by atoms with van der Waals surface area (Å²) in [5, 5.41) is 9.30. The summed E-state index contributed by atoms with van der Waals surface area (Å²) >= 11 is 13.0. The molecule has 31 heavy (non-hydrogen) atoms. The summed E-state index contributed by atoms with van der Waals surface area (Å²) < 4.78 is 8.35. The largest absolute Gasteiger partial charge is 0.484 e. The maximum absolute atomic E-state index is 6.62. The van der Waals surface area contributed by atoms with Crippen LogP contribution in [0, 0.1) is 0 Å². The third kappa shape index (κ3) is 3.61. The van der Waals surface area contributed by atoms with Gasteiger partial charge in [0.25, 0.3) is 0 Å². The van der Waals surface area contributed by atoms with Crippen molar-refractivity contribution >= 4 is 23.2 Å². The highest BCUT2D eigenvalue weighted by Gasteiger charge is 2.43. The van der Waals surface area contributed by atoms with Crippen LogP contribution in [-0.4, -0.2) is 50.9 Å². The van der Waals surface area contributed by atoms with Crippen LogP contribution >= 0.6 is 23.2 Å². The number of fused-ring (bicyclic) bond motifs is 3. The van der Waals surface area contributed by atoms with Crippen LogP contribution in [0.15, 0.2) is 49.1 Å². The first-order chi connectivity index (χ1) is 15.1. The van der Waals surface area contributed by atoms with E-state index in [1.165, 1.54) is 19.2 Å². The molecule has 0 spiro atoms. The summed E-state index contributed by atoms with van der Waals surface area (Å²) in [6.45, 7) is 2.09. The van der Waals surface area contributed by atoms with Crippen molar-refractivity contribution < 1.29 is 4.74 Å². The number of rotatable bonds is 4. The van der Waals surface area contributed by atoms with Gasteiger partial charge in [0, 0.05) is 40.8 Å². The van der Waals surface area contributed by atoms with Crippen LogP contribution in [0.3, 0.4) is 0 Å². The summed E-state index contributed by atoms with van der Waals surface area (Å²) in [6.07, 6.45) is 6.49. The zero-order valence-corrected chi connectivity index (χ0v) is 18.4. The molecule has 2 fully saturated rings. The van der Waals surface area contributed by atoms with Gasteiger partial charge in [-0.05, 0) is 61.2 Å². The SMILES string of the molecule is Clc1cc(Cl)c2c(c1)[C@H](Oc1ccc(-n3cncn3)cc1)[C@@H](N1C[C@H]3CC[C@@H](C1)N3)C2. The van der Waals surface area contributed by atoms with Gasteiger partial charge in [0.1, 0.15) is 24.5 Å². The molecule has 0 unspecified atom stereocenters. The second kappa shape index (κ2) is 7.78. The van der Waals surface area contributed by atoms with Gasteiger partial charge in [0.05, 0.1) is 11.7 Å². The number of halogens is 2. The molecule has 3 aromatic rings. The van der Waals surface area contributed by atoms with E-state index in [4.69, 9.17) is 27.9 Å². The minimum Gasteiger partial charge on any atom is -0.484 e. The molecule has 3 aliphatic rings. The quantitative estimate of drug-likeness (QED) is 0.642. The Kier molecular flexibility index (Phi) is 4.91. The molecule has 2 bridgehead atoms. The Morgan fingerprint density at radius 2 is 1.81 bits per heavy atom. The Labute approximate surface area is 191 Å². The third-order valence-electron chi connectivity index (χ3n) is 6.76. The predicted molar refractivity (Wildman–Crippen MR) is 120 cm³/mol. The van der Waals surface area contributed by atoms with Crippen molar-refractivity contribution in [3.63, 3.8) is 0 Å². The number of piperazine rings is 1. The molecule has 160 valence electrons. The molecular weight excluding hydrogens is 433 g/mol. The second-order valence-corrected chi connectivity index (χ2v) is 9.53. The molecule has 3 heterocycles. The molecular formula is C23H23Cl2N5O. The van der Waals surface area contributed by atoms with Gasteiger partial charge < -0.3 is 10.1 Å². The lowest BCUT2D eigenvalue weighted by Crippen LogP contribution is -2.55. The fourth-order valence-electron chi connectivity index (χ4n) is 5.35. The number of hydrogen-bond donors (Lipinski definition) is 1. The van der Waals surface area contributed by atoms with E-state index >= 15 is 0 Å². The number of aromatic nitrogens is 3. The van der Waals surface area contributed by atoms with E-state index in [2.05, 4.69) is 20.3 Å². The van der Waals surface area contributed by atoms with Gasteiger partial charge in [-0.15, -0.1) is 0 Å². The maximum atomic E-state index is 6.62. The smallest absolute Gasteiger partial charge is 0.140 e. The Morgan fingerprint density at radius 3 is 2.52 bits per heavy atom. The molecule has 6 nitrogen and oxygen atoms in total. The lowest BCUT2D eigenvalue weighted by atomic mass is 10.1. The van der Waals surface area contributed by atoms with Gasteiger partial charge in [-0.2, -0.15) is 5.10 Å². The van der Waals surface area contributed by atoms with Gasteiger partial charge in [0.2, 0.25) is 0 Å². The standard InChI is InChI=1S/C23H23Cl2N5O/c24-14-7-20-19(21(25)8-14)9-22(29-10-15-1-2-16(11-29)28-15)23(20)31-18-5-3-17(4-6-18)30-13-26-12-27-30/h3-8,12-13,15-16,22-23,28H,1-2,9-11H2/t15-,16+,22-,23-/m0/s1. The fourth-order valence-corrected chi connectivity index (χ4v) is 5.93. The van der Waals surface area contributed by atoms with Gasteiger partial charge in [-0.3, -0.25) is 4.90 Å². The Bertz CT molecular complexity index is 1080. The molecule has 2 aromatic carbocycles. The number of likely N-dealkylation sites (tertiary alicyclic amines) is 1. The first-order valence-corrected chi connectivity index (χ1v) is 11.5. The topological polar surface area (TPSA) is 55.2 Å². The highest BCUT2D eigenvalue weighted by atomic mass is 35.5. The highest BCUT2D eigenvalue weighted by Crippen LogP contribution is 2.43. The molecule has 2 aliphatic heterocycles. The zero-order chi connectivity index (χ0) is 20.9. The van der Waals surface area contributed by atoms with Crippen LogP contribution in [0.25, 0.3) is 5.69 Å². The number of benzene rings is 2. The molecule has 1 aromatic heterocycles. The van der Waals surface area contributed by atoms with Gasteiger partial charge in [-0.1, -0.05) is 23.2 Å². The van der Waals surface area contributed by atoms with E-state index in [0.29, 0.717) is 17.1 Å². The first-order valence-electron chi connectivity index (χ1n) is 10.7. The molecule has 0 radical (unpaired) electrons. The van der Waals surface area contributed by atoms with Crippen LogP contribution < -0.4 is 10.1 Å². The minimum atomic E-state index is -0.110. The summed E-state index contributed by atoms with van der Waals surface area (Å²) in [7, 11) is 0. The zero-order valence-electron chi connectivity index (χ0n) is 16.9. The van der Waals surface area contributed by atoms with Crippen LogP contribution in [0.4, 0.5) is 0 Å². The van der Waals surface area contributed by atoms with Crippen molar-refractivity contribution in [3.8, 4) is 11.4 Å². The Hall–Kier alpha value is -2.12. The minimum absolute atomic E-state index is 0.110. The van der Waals surface area contributed by atoms with Crippen LogP contribution in [0.2, 0.25) is 10.0 Å². The van der Waals surface area contributed by atoms with E-state index in [-0.39, 0.29) is 12.1 Å². The Morgan fingerprint density at radius 1 is 1.03 bits per heavy atom. The van der Waals surface area contributed by atoms with Crippen LogP contribution in [-0.2, 0) is 6.42 Å². The normalized spacial score (nSPS) is 27.4. The van der Waals surface area contributed by atoms with Crippen molar-refractivity contribution in [1.29, 1.82) is 0 Å². The van der Waals surface area contributed by atoms with Crippen molar-refractivity contribution in [3.05, 3.63) is 70.2 Å². The first kappa shape index (κ1) is 19.6. The van der Waals surface area contributed by atoms with Crippen molar-refractivity contribution in [2.75, 3.05) is 13.1 Å². The van der Waals surface area contributed by atoms with Gasteiger partial charge in [-0.25, -0.2) is 9.67 Å². The summed E-state index contributed by atoms with van der Waals surface area (Å²) in [6, 6.07) is 13.2. The van der Waals surface area contributed by atoms with Crippen LogP contribution in [0.1, 0.15) is 30.1 Å². The van der Waals surface area contributed by atoms with E-state index in [0.717, 1.165) is 47.1 Å². The number of ether oxygens (including phenoxy) is 1. The molecule has 0 saturated carbocycles. The van der Waals surface area contributed by atoms with E-state index in [1.54, 1.807) is 11.0 Å². The third-order valence-corrected chi connectivity index (χ3v) is 7.32. The van der Waals surface area contributed by atoms with E-state index < -0.39 is 0 Å². The van der Waals surface area contributed by atoms with Crippen molar-refractivity contribution in [2.45, 2.75) is 43.5 Å². The van der Waals surface area contributed by atoms with Crippen molar-refractivity contribution in [1.82, 2.24) is 25.0 Å². The Balaban J connectivity index is 1.31. The lowest BCUT2D eigenvalue weighted by molar-refractivity contribution is 0.0555. The molecule has 1 aliphatic carbocycles. The number of nitrogens with zero attached hydrogens (tertiary/aromatic N) is 4. The van der Waals surface area contributed by atoms with Gasteiger partial charge >= 0.3 is 0 Å². The number of hydrogen-bond acceptors (Lipinski definition) is 5. The van der Waals surface area contributed by atoms with Crippen molar-refractivity contribution in [2.24, 2.45) is 0 Å². The van der Waals surface area contributed by atoms with Crippen LogP contribution in [0.5, 0.6) is 5.75 Å². The summed E-state index contributed by atoms with van der Waals surface area (Å²) in [5.74, 6) is 0.820. The van der Waals surface area contributed by atoms with E-state index in [1.807, 2.05) is 36.4 Å². The highest BCUT2D eigenvalue weighted by molar-refractivity contribution is 6.35. The molecule has 8 heteroatoms. The molecule has 1 N–H and O–H groups in total. The lowest BCUT2D eigenvalue weighted by Gasteiger charge is -2.39. The molecule has 4 atom stereocenters. The monoisotopic (exact) mass is 455 g/mol. The molecule has 0 amide bonds. The van der Waals surface area contributed by atoms with Gasteiger partial charge in [0.15, 0.2) is 0 Å². The summed E-state index contributed by atoms with van der Waals surface area (Å²) in [4.78, 5) is 6.60. The molecule has 2 saturated heterocycles.